The Kier molecular flexibility index (Phi) is 2.61. The summed E-state index contributed by atoms with van der Waals surface area (Å²) in [5, 5.41) is 2.92. The van der Waals surface area contributed by atoms with E-state index in [0.717, 1.165) is 11.3 Å². The Hall–Kier alpha value is -1.61. The normalized spacial score (nSPS) is 12.3. The summed E-state index contributed by atoms with van der Waals surface area (Å²) in [5.74, 6) is 0. The lowest BCUT2D eigenvalue weighted by Gasteiger charge is -1.94. The van der Waals surface area contributed by atoms with Crippen molar-refractivity contribution >= 4 is 18.1 Å². The number of rotatable bonds is 0. The van der Waals surface area contributed by atoms with E-state index in [1.165, 1.54) is 0 Å². The van der Waals surface area contributed by atoms with Gasteiger partial charge in [0.15, 0.2) is 0 Å². The number of para-hydroxylation sites is 1. The van der Waals surface area contributed by atoms with Gasteiger partial charge in [0, 0.05) is 11.8 Å². The van der Waals surface area contributed by atoms with Gasteiger partial charge in [0.2, 0.25) is 0 Å². The van der Waals surface area contributed by atoms with E-state index in [2.05, 4.69) is 10.3 Å². The fourth-order valence-electron chi connectivity index (χ4n) is 1.03. The molecule has 0 bridgehead atoms. The van der Waals surface area contributed by atoms with Crippen LogP contribution < -0.4 is 5.32 Å². The van der Waals surface area contributed by atoms with Crippen LogP contribution in [0, 0.1) is 0 Å². The van der Waals surface area contributed by atoms with Crippen LogP contribution in [-0.2, 0) is 0 Å². The topological polar surface area (TPSA) is 55.9 Å². The van der Waals surface area contributed by atoms with E-state index in [4.69, 9.17) is 0 Å². The molecule has 0 unspecified atom stereocenters. The predicted octanol–water partition coefficient (Wildman–Crippen LogP) is 1.10. The third-order valence-corrected chi connectivity index (χ3v) is 1.57. The van der Waals surface area contributed by atoms with Crippen LogP contribution >= 0.6 is 0 Å². The van der Waals surface area contributed by atoms with Crippen LogP contribution in [-0.4, -0.2) is 11.8 Å². The van der Waals surface area contributed by atoms with Crippen LogP contribution in [0.5, 0.6) is 0 Å². The van der Waals surface area contributed by atoms with Gasteiger partial charge in [0.25, 0.3) is 0 Å². The predicted molar refractivity (Wildman–Crippen MR) is 50.4 cm³/mol. The van der Waals surface area contributed by atoms with Crippen molar-refractivity contribution in [3.05, 3.63) is 36.0 Å². The van der Waals surface area contributed by atoms with Crippen LogP contribution in [0.3, 0.4) is 0 Å². The van der Waals surface area contributed by atoms with Crippen LogP contribution in [0.4, 0.5) is 5.69 Å². The summed E-state index contributed by atoms with van der Waals surface area (Å²) in [6.45, 7) is 0. The van der Waals surface area contributed by atoms with Crippen molar-refractivity contribution in [3.8, 4) is 0 Å². The van der Waals surface area contributed by atoms with Crippen molar-refractivity contribution in [3.63, 3.8) is 0 Å². The van der Waals surface area contributed by atoms with Crippen molar-refractivity contribution in [2.75, 3.05) is 0 Å². The molecule has 1 aromatic carbocycles. The second-order valence-electron chi connectivity index (χ2n) is 2.32. The molecule has 1 heterocycles. The van der Waals surface area contributed by atoms with Gasteiger partial charge in [-0.15, -0.1) is 0 Å². The smallest absolute Gasteiger partial charge is 0.0926 e. The van der Waals surface area contributed by atoms with Gasteiger partial charge in [-0.2, -0.15) is 0 Å². The van der Waals surface area contributed by atoms with Gasteiger partial charge in [0.05, 0.1) is 12.0 Å². The highest BCUT2D eigenvalue weighted by atomic mass is 16.0. The molecule has 0 saturated carbocycles. The number of hydrogen-bond donors (Lipinski definition) is 1. The first-order chi connectivity index (χ1) is 5.47. The van der Waals surface area contributed by atoms with Crippen LogP contribution in [0.2, 0.25) is 0 Å². The summed E-state index contributed by atoms with van der Waals surface area (Å²) in [6, 6.07) is 8.01. The van der Waals surface area contributed by atoms with E-state index in [9.17, 15) is 0 Å². The van der Waals surface area contributed by atoms with Crippen LogP contribution in [0.15, 0.2) is 35.5 Å². The molecule has 0 spiro atoms. The summed E-state index contributed by atoms with van der Waals surface area (Å²) < 4.78 is 0. The van der Waals surface area contributed by atoms with E-state index in [-0.39, 0.29) is 5.48 Å². The van der Waals surface area contributed by atoms with E-state index < -0.39 is 0 Å². The van der Waals surface area contributed by atoms with E-state index in [1.807, 2.05) is 36.5 Å². The zero-order valence-corrected chi connectivity index (χ0v) is 6.49. The molecule has 3 nitrogen and oxygen atoms in total. The Labute approximate surface area is 70.8 Å². The van der Waals surface area contributed by atoms with Gasteiger partial charge in [-0.3, -0.25) is 0 Å². The van der Waals surface area contributed by atoms with Crippen LogP contribution in [0.1, 0.15) is 5.56 Å². The monoisotopic (exact) mass is 162 g/mol. The minimum absolute atomic E-state index is 0. The van der Waals surface area contributed by atoms with Crippen molar-refractivity contribution < 1.29 is 5.48 Å². The lowest BCUT2D eigenvalue weighted by molar-refractivity contribution is 0.824. The molecule has 12 heavy (non-hydrogen) atoms. The number of fused-ring (bicyclic) bond motifs is 1. The van der Waals surface area contributed by atoms with Gasteiger partial charge in [-0.1, -0.05) is 18.2 Å². The third kappa shape index (κ3) is 1.52. The van der Waals surface area contributed by atoms with Crippen molar-refractivity contribution in [2.45, 2.75) is 0 Å². The Morgan fingerprint density at radius 1 is 1.17 bits per heavy atom. The highest BCUT2D eigenvalue weighted by Gasteiger charge is 1.95. The van der Waals surface area contributed by atoms with Crippen LogP contribution in [0.25, 0.3) is 6.08 Å². The number of nitrogens with one attached hydrogen (secondary N) is 1. The lowest BCUT2D eigenvalue weighted by atomic mass is 10.2. The maximum absolute atomic E-state index is 4.19. The Balaban J connectivity index is 0.000000720. The minimum Gasteiger partial charge on any atom is -0.412 e. The summed E-state index contributed by atoms with van der Waals surface area (Å²) >= 11 is 0. The second-order valence-corrected chi connectivity index (χ2v) is 2.32. The number of aliphatic imine (C=N–C) groups is 1. The summed E-state index contributed by atoms with van der Waals surface area (Å²) in [5.41, 5.74) is 2.16. The molecule has 0 aliphatic carbocycles. The molecule has 3 heteroatoms. The first-order valence-corrected chi connectivity index (χ1v) is 3.51. The van der Waals surface area contributed by atoms with Gasteiger partial charge < -0.3 is 10.8 Å². The molecular formula is C9H10N2O. The highest BCUT2D eigenvalue weighted by Crippen LogP contribution is 2.19. The standard InChI is InChI=1S/C9H8N2.H2O/c1-2-4-9-8(3-1)5-6-10-7-11-9;/h1-7H,(H,10,11);1H2. The lowest BCUT2D eigenvalue weighted by Crippen LogP contribution is -1.96. The number of benzene rings is 1. The molecule has 0 amide bonds. The average Bonchev–Trinajstić information content (AvgIpc) is 2.28. The molecule has 0 fully saturated rings. The third-order valence-electron chi connectivity index (χ3n) is 1.57. The summed E-state index contributed by atoms with van der Waals surface area (Å²) in [4.78, 5) is 4.19. The van der Waals surface area contributed by atoms with Gasteiger partial charge >= 0.3 is 0 Å². The molecule has 0 radical (unpaired) electrons. The molecular weight excluding hydrogens is 152 g/mol. The Morgan fingerprint density at radius 2 is 2.00 bits per heavy atom. The molecule has 1 aliphatic heterocycles. The van der Waals surface area contributed by atoms with Crippen molar-refractivity contribution in [2.24, 2.45) is 4.99 Å². The molecule has 1 aliphatic rings. The quantitative estimate of drug-likeness (QED) is 0.610. The molecule has 62 valence electrons. The number of hydrogen-bond acceptors (Lipinski definition) is 2. The van der Waals surface area contributed by atoms with Crippen molar-refractivity contribution in [1.82, 2.24) is 5.32 Å². The maximum atomic E-state index is 4.19. The zero-order chi connectivity index (χ0) is 7.52. The van der Waals surface area contributed by atoms with Gasteiger partial charge in [0.1, 0.15) is 0 Å². The minimum atomic E-state index is 0. The van der Waals surface area contributed by atoms with E-state index in [1.54, 1.807) is 6.34 Å². The molecule has 3 N–H and O–H groups in total. The Morgan fingerprint density at radius 3 is 2.92 bits per heavy atom. The average molecular weight is 162 g/mol. The zero-order valence-electron chi connectivity index (χ0n) is 6.49. The van der Waals surface area contributed by atoms with Gasteiger partial charge in [-0.05, 0) is 12.1 Å². The summed E-state index contributed by atoms with van der Waals surface area (Å²) in [6.07, 6.45) is 5.56. The number of nitrogens with zero attached hydrogens (tertiary/aromatic N) is 1. The first-order valence-electron chi connectivity index (χ1n) is 3.51. The largest absolute Gasteiger partial charge is 0.412 e. The second kappa shape index (κ2) is 3.69. The fraction of sp³-hybridized carbons (Fsp3) is 0. The van der Waals surface area contributed by atoms with Crippen molar-refractivity contribution in [1.29, 1.82) is 0 Å². The Bertz CT molecular complexity index is 287. The molecule has 0 aromatic heterocycles. The fourth-order valence-corrected chi connectivity index (χ4v) is 1.03. The SMILES string of the molecule is C1=Cc2ccccc2N=CN1.O. The highest BCUT2D eigenvalue weighted by molar-refractivity contribution is 5.73. The van der Waals surface area contributed by atoms with E-state index >= 15 is 0 Å². The molecule has 1 aromatic rings. The molecule has 0 atom stereocenters. The van der Waals surface area contributed by atoms with Gasteiger partial charge in [-0.25, -0.2) is 4.99 Å². The molecule has 2 rings (SSSR count). The van der Waals surface area contributed by atoms with E-state index in [0.29, 0.717) is 0 Å². The molecule has 0 saturated heterocycles. The first kappa shape index (κ1) is 8.49. The summed E-state index contributed by atoms with van der Waals surface area (Å²) in [7, 11) is 0. The maximum Gasteiger partial charge on any atom is 0.0926 e.